The number of carboxylic acids is 1. The van der Waals surface area contributed by atoms with Crippen molar-refractivity contribution >= 4 is 23.7 Å². The molecule has 0 saturated carbocycles. The highest BCUT2D eigenvalue weighted by Crippen LogP contribution is 2.21. The summed E-state index contributed by atoms with van der Waals surface area (Å²) >= 11 is 0. The van der Waals surface area contributed by atoms with Crippen molar-refractivity contribution in [3.63, 3.8) is 0 Å². The van der Waals surface area contributed by atoms with Gasteiger partial charge in [0.15, 0.2) is 0 Å². The lowest BCUT2D eigenvalue weighted by molar-refractivity contribution is -0.142. The maximum absolute atomic E-state index is 13.4. The zero-order chi connectivity index (χ0) is 27.8. The zero-order valence-corrected chi connectivity index (χ0v) is 21.8. The molecule has 4 atom stereocenters. The summed E-state index contributed by atoms with van der Waals surface area (Å²) in [6.45, 7) is 1.32. The van der Waals surface area contributed by atoms with E-state index in [0.29, 0.717) is 24.9 Å². The molecule has 2 aromatic carbocycles. The van der Waals surface area contributed by atoms with Crippen molar-refractivity contribution in [3.8, 4) is 5.75 Å². The van der Waals surface area contributed by atoms with E-state index in [1.54, 1.807) is 17.0 Å². The second-order valence-electron chi connectivity index (χ2n) is 10.3. The maximum atomic E-state index is 13.4. The molecule has 0 aromatic heterocycles. The highest BCUT2D eigenvalue weighted by Gasteiger charge is 2.38. The number of carbonyl (C=O) groups is 4. The smallest absolute Gasteiger partial charge is 0.326 e. The fourth-order valence-electron chi connectivity index (χ4n) is 5.31. The molecular formula is C29H36N4O6. The normalized spacial score (nSPS) is 20.3. The van der Waals surface area contributed by atoms with Crippen LogP contribution in [-0.2, 0) is 32.0 Å². The number of nitrogens with one attached hydrogen (secondary N) is 3. The average molecular weight is 537 g/mol. The van der Waals surface area contributed by atoms with Crippen LogP contribution in [0.1, 0.15) is 43.2 Å². The Bertz CT molecular complexity index is 1150. The van der Waals surface area contributed by atoms with Crippen LogP contribution < -0.4 is 16.0 Å². The molecule has 3 amide bonds. The molecule has 2 aliphatic heterocycles. The summed E-state index contributed by atoms with van der Waals surface area (Å²) in [5, 5.41) is 27.9. The van der Waals surface area contributed by atoms with Crippen LogP contribution in [0, 0.1) is 0 Å². The van der Waals surface area contributed by atoms with Gasteiger partial charge in [-0.1, -0.05) is 42.5 Å². The van der Waals surface area contributed by atoms with E-state index >= 15 is 0 Å². The number of carbonyl (C=O) groups excluding carboxylic acids is 3. The largest absolute Gasteiger partial charge is 0.508 e. The van der Waals surface area contributed by atoms with Crippen molar-refractivity contribution in [1.82, 2.24) is 20.9 Å². The molecule has 2 saturated heterocycles. The van der Waals surface area contributed by atoms with Crippen molar-refractivity contribution in [2.45, 2.75) is 69.1 Å². The Morgan fingerprint density at radius 1 is 0.923 bits per heavy atom. The number of amides is 3. The van der Waals surface area contributed by atoms with Gasteiger partial charge in [0.1, 0.15) is 17.8 Å². The van der Waals surface area contributed by atoms with E-state index < -0.39 is 30.0 Å². The first-order chi connectivity index (χ1) is 18.8. The van der Waals surface area contributed by atoms with Crippen LogP contribution in [0.3, 0.4) is 0 Å². The number of nitrogens with zero attached hydrogens (tertiary/aromatic N) is 1. The average Bonchev–Trinajstić information content (AvgIpc) is 3.62. The van der Waals surface area contributed by atoms with E-state index in [2.05, 4.69) is 16.0 Å². The van der Waals surface area contributed by atoms with Gasteiger partial charge >= 0.3 is 5.97 Å². The molecule has 0 aliphatic carbocycles. The van der Waals surface area contributed by atoms with Gasteiger partial charge in [0, 0.05) is 25.4 Å². The minimum atomic E-state index is -1.18. The lowest BCUT2D eigenvalue weighted by Crippen LogP contribution is -2.53. The lowest BCUT2D eigenvalue weighted by atomic mass is 10.0. The van der Waals surface area contributed by atoms with E-state index in [1.165, 1.54) is 12.1 Å². The van der Waals surface area contributed by atoms with Gasteiger partial charge in [0.05, 0.1) is 6.04 Å². The number of likely N-dealkylation sites (tertiary alicyclic amines) is 1. The van der Waals surface area contributed by atoms with Crippen molar-refractivity contribution in [1.29, 1.82) is 0 Å². The Morgan fingerprint density at radius 2 is 1.64 bits per heavy atom. The van der Waals surface area contributed by atoms with Gasteiger partial charge in [-0.3, -0.25) is 14.4 Å². The molecule has 2 heterocycles. The Balaban J connectivity index is 1.42. The van der Waals surface area contributed by atoms with Crippen molar-refractivity contribution in [2.75, 3.05) is 13.1 Å². The van der Waals surface area contributed by atoms with E-state index in [9.17, 15) is 29.4 Å². The lowest BCUT2D eigenvalue weighted by Gasteiger charge is -2.28. The van der Waals surface area contributed by atoms with E-state index in [0.717, 1.165) is 31.4 Å². The molecule has 0 unspecified atom stereocenters. The molecule has 5 N–H and O–H groups in total. The molecule has 10 nitrogen and oxygen atoms in total. The Kier molecular flexibility index (Phi) is 9.54. The van der Waals surface area contributed by atoms with Gasteiger partial charge in [0.2, 0.25) is 17.7 Å². The van der Waals surface area contributed by atoms with Crippen LogP contribution in [0.5, 0.6) is 5.75 Å². The van der Waals surface area contributed by atoms with Crippen molar-refractivity contribution in [3.05, 3.63) is 65.7 Å². The molecule has 10 heteroatoms. The SMILES string of the molecule is O=C(C[C@H](Cc1ccccc1)NC(=O)[C@@H]1CCCN1C(=O)[C@@H]1CCCN1)N[C@@H](Cc1ccc(O)cc1)C(=O)O. The Hall–Kier alpha value is -3.92. The van der Waals surface area contributed by atoms with E-state index in [-0.39, 0.29) is 36.4 Å². The van der Waals surface area contributed by atoms with Gasteiger partial charge in [-0.2, -0.15) is 0 Å². The van der Waals surface area contributed by atoms with Crippen LogP contribution in [0.4, 0.5) is 0 Å². The number of carboxylic acid groups (broad SMARTS) is 1. The molecule has 4 rings (SSSR count). The monoisotopic (exact) mass is 536 g/mol. The molecule has 2 aromatic rings. The third-order valence-corrected chi connectivity index (χ3v) is 7.31. The third kappa shape index (κ3) is 7.79. The quantitative estimate of drug-likeness (QED) is 0.291. The van der Waals surface area contributed by atoms with E-state index in [1.807, 2.05) is 30.3 Å². The molecule has 2 aliphatic rings. The number of benzene rings is 2. The highest BCUT2D eigenvalue weighted by atomic mass is 16.4. The van der Waals surface area contributed by atoms with E-state index in [4.69, 9.17) is 0 Å². The summed E-state index contributed by atoms with van der Waals surface area (Å²) in [6, 6.07) is 12.9. The topological polar surface area (TPSA) is 148 Å². The predicted molar refractivity (Wildman–Crippen MR) is 144 cm³/mol. The van der Waals surface area contributed by atoms with Crippen LogP contribution in [-0.4, -0.2) is 76.1 Å². The third-order valence-electron chi connectivity index (χ3n) is 7.31. The molecule has 2 fully saturated rings. The number of hydrogen-bond acceptors (Lipinski definition) is 6. The number of phenols is 1. The summed E-state index contributed by atoms with van der Waals surface area (Å²) < 4.78 is 0. The summed E-state index contributed by atoms with van der Waals surface area (Å²) in [4.78, 5) is 52.9. The van der Waals surface area contributed by atoms with Gasteiger partial charge in [-0.05, 0) is 61.9 Å². The zero-order valence-electron chi connectivity index (χ0n) is 21.8. The van der Waals surface area contributed by atoms with Crippen LogP contribution in [0.15, 0.2) is 54.6 Å². The van der Waals surface area contributed by atoms with Gasteiger partial charge < -0.3 is 31.1 Å². The second kappa shape index (κ2) is 13.2. The van der Waals surface area contributed by atoms with Crippen LogP contribution in [0.25, 0.3) is 0 Å². The molecule has 0 spiro atoms. The number of rotatable bonds is 11. The number of phenolic OH excluding ortho intramolecular Hbond substituents is 1. The standard InChI is InChI=1S/C29H36N4O6/c34-22-12-10-20(11-13-22)17-24(29(38)39)32-26(35)18-21(16-19-6-2-1-3-7-19)31-27(36)25-9-5-15-33(25)28(37)23-8-4-14-30-23/h1-3,6-7,10-13,21,23-25,30,34H,4-5,8-9,14-18H2,(H,31,36)(H,32,35)(H,38,39)/t21-,23-,24-,25-/m0/s1. The first-order valence-corrected chi connectivity index (χ1v) is 13.5. The minimum Gasteiger partial charge on any atom is -0.508 e. The molecular weight excluding hydrogens is 500 g/mol. The fourth-order valence-corrected chi connectivity index (χ4v) is 5.31. The predicted octanol–water partition coefficient (Wildman–Crippen LogP) is 1.36. The highest BCUT2D eigenvalue weighted by molar-refractivity contribution is 5.91. The Labute approximate surface area is 227 Å². The molecule has 208 valence electrons. The van der Waals surface area contributed by atoms with Gasteiger partial charge in [-0.25, -0.2) is 4.79 Å². The van der Waals surface area contributed by atoms with Crippen LogP contribution in [0.2, 0.25) is 0 Å². The molecule has 39 heavy (non-hydrogen) atoms. The number of aromatic hydroxyl groups is 1. The maximum Gasteiger partial charge on any atom is 0.326 e. The van der Waals surface area contributed by atoms with Crippen LogP contribution >= 0.6 is 0 Å². The number of hydrogen-bond donors (Lipinski definition) is 5. The first-order valence-electron chi connectivity index (χ1n) is 13.5. The minimum absolute atomic E-state index is 0.0470. The first kappa shape index (κ1) is 28.1. The summed E-state index contributed by atoms with van der Waals surface area (Å²) in [6.07, 6.45) is 3.28. The molecule has 0 bridgehead atoms. The Morgan fingerprint density at radius 3 is 2.31 bits per heavy atom. The summed E-state index contributed by atoms with van der Waals surface area (Å²) in [5.41, 5.74) is 1.57. The summed E-state index contributed by atoms with van der Waals surface area (Å²) in [7, 11) is 0. The second-order valence-corrected chi connectivity index (χ2v) is 10.3. The summed E-state index contributed by atoms with van der Waals surface area (Å²) in [5.74, 6) is -1.97. The van der Waals surface area contributed by atoms with Gasteiger partial charge in [-0.15, -0.1) is 0 Å². The van der Waals surface area contributed by atoms with Crippen molar-refractivity contribution < 1.29 is 29.4 Å². The van der Waals surface area contributed by atoms with Crippen molar-refractivity contribution in [2.24, 2.45) is 0 Å². The number of aliphatic carboxylic acids is 1. The fraction of sp³-hybridized carbons (Fsp3) is 0.448. The molecule has 0 radical (unpaired) electrons. The van der Waals surface area contributed by atoms with Gasteiger partial charge in [0.25, 0.3) is 0 Å².